The van der Waals surface area contributed by atoms with Crippen molar-refractivity contribution in [3.8, 4) is 17.6 Å². The smallest absolute Gasteiger partial charge is 0.123 e. The largest absolute Gasteiger partial charge is 0.497 e. The first-order valence-corrected chi connectivity index (χ1v) is 6.66. The van der Waals surface area contributed by atoms with E-state index < -0.39 is 0 Å². The van der Waals surface area contributed by atoms with Crippen molar-refractivity contribution in [3.05, 3.63) is 23.8 Å². The highest BCUT2D eigenvalue weighted by Gasteiger charge is 2.04. The summed E-state index contributed by atoms with van der Waals surface area (Å²) in [5, 5.41) is 9.15. The number of rotatable bonds is 7. The van der Waals surface area contributed by atoms with Gasteiger partial charge in [0.05, 0.1) is 19.8 Å². The second-order valence-corrected chi connectivity index (χ2v) is 4.13. The molecule has 92 valence electrons. The van der Waals surface area contributed by atoms with Gasteiger partial charge in [-0.2, -0.15) is 5.26 Å². The van der Waals surface area contributed by atoms with Gasteiger partial charge in [0.2, 0.25) is 0 Å². The number of nitriles is 1. The number of hydrogen-bond acceptors (Lipinski definition) is 3. The molecular formula is C13H16BrNO2. The maximum absolute atomic E-state index is 8.41. The highest BCUT2D eigenvalue weighted by molar-refractivity contribution is 9.08. The fraction of sp³-hybridized carbons (Fsp3) is 0.462. The minimum atomic E-state index is 0.595. The monoisotopic (exact) mass is 297 g/mol. The van der Waals surface area contributed by atoms with Crippen molar-refractivity contribution in [1.82, 2.24) is 0 Å². The minimum absolute atomic E-state index is 0.595. The lowest BCUT2D eigenvalue weighted by Gasteiger charge is -2.11. The molecular weight excluding hydrogens is 282 g/mol. The standard InChI is InChI=1S/C13H16BrNO2/c1-16-12-5-6-13(11(9-12)10-14)17-8-4-2-3-7-15/h5-6,9H,2-4,8,10H2,1H3. The summed E-state index contributed by atoms with van der Waals surface area (Å²) >= 11 is 3.43. The average molecular weight is 298 g/mol. The van der Waals surface area contributed by atoms with Gasteiger partial charge in [-0.1, -0.05) is 15.9 Å². The lowest BCUT2D eigenvalue weighted by atomic mass is 10.2. The number of alkyl halides is 1. The molecule has 0 heterocycles. The third-order valence-electron chi connectivity index (χ3n) is 2.35. The van der Waals surface area contributed by atoms with Gasteiger partial charge in [0, 0.05) is 17.3 Å². The van der Waals surface area contributed by atoms with Crippen LogP contribution in [0.2, 0.25) is 0 Å². The quantitative estimate of drug-likeness (QED) is 0.570. The van der Waals surface area contributed by atoms with Crippen LogP contribution < -0.4 is 9.47 Å². The molecule has 0 amide bonds. The molecule has 3 nitrogen and oxygen atoms in total. The van der Waals surface area contributed by atoms with Gasteiger partial charge < -0.3 is 9.47 Å². The molecule has 17 heavy (non-hydrogen) atoms. The van der Waals surface area contributed by atoms with Crippen LogP contribution in [0.15, 0.2) is 18.2 Å². The summed E-state index contributed by atoms with van der Waals surface area (Å²) in [7, 11) is 1.65. The summed E-state index contributed by atoms with van der Waals surface area (Å²) in [6.45, 7) is 0.647. The number of benzene rings is 1. The number of ether oxygens (including phenoxy) is 2. The van der Waals surface area contributed by atoms with E-state index in [2.05, 4.69) is 22.0 Å². The zero-order chi connectivity index (χ0) is 12.5. The SMILES string of the molecule is COc1ccc(OCCCCC#N)c(CBr)c1. The molecule has 0 bridgehead atoms. The van der Waals surface area contributed by atoms with Gasteiger partial charge in [-0.25, -0.2) is 0 Å². The normalized spacial score (nSPS) is 9.71. The van der Waals surface area contributed by atoms with Gasteiger partial charge in [-0.3, -0.25) is 0 Å². The van der Waals surface area contributed by atoms with Gasteiger partial charge >= 0.3 is 0 Å². The maximum atomic E-state index is 8.41. The first-order chi connectivity index (χ1) is 8.31. The van der Waals surface area contributed by atoms with Crippen LogP contribution in [0.4, 0.5) is 0 Å². The zero-order valence-corrected chi connectivity index (χ0v) is 11.5. The second-order valence-electron chi connectivity index (χ2n) is 3.57. The minimum Gasteiger partial charge on any atom is -0.497 e. The molecule has 0 fully saturated rings. The van der Waals surface area contributed by atoms with Crippen molar-refractivity contribution >= 4 is 15.9 Å². The van der Waals surface area contributed by atoms with Gasteiger partial charge in [0.25, 0.3) is 0 Å². The van der Waals surface area contributed by atoms with Crippen molar-refractivity contribution in [1.29, 1.82) is 5.26 Å². The van der Waals surface area contributed by atoms with Crippen LogP contribution in [-0.2, 0) is 5.33 Å². The van der Waals surface area contributed by atoms with Crippen molar-refractivity contribution in [3.63, 3.8) is 0 Å². The van der Waals surface area contributed by atoms with E-state index in [4.69, 9.17) is 14.7 Å². The fourth-order valence-corrected chi connectivity index (χ4v) is 1.85. The number of methoxy groups -OCH3 is 1. The fourth-order valence-electron chi connectivity index (χ4n) is 1.42. The summed E-state index contributed by atoms with van der Waals surface area (Å²) in [4.78, 5) is 0. The first-order valence-electron chi connectivity index (χ1n) is 5.54. The molecule has 0 unspecified atom stereocenters. The average Bonchev–Trinajstić information content (AvgIpc) is 2.38. The second kappa shape index (κ2) is 7.97. The van der Waals surface area contributed by atoms with Gasteiger partial charge in [0.15, 0.2) is 0 Å². The molecule has 0 N–H and O–H groups in total. The lowest BCUT2D eigenvalue weighted by molar-refractivity contribution is 0.304. The van der Waals surface area contributed by atoms with Crippen LogP contribution in [0, 0.1) is 11.3 Å². The highest BCUT2D eigenvalue weighted by Crippen LogP contribution is 2.26. The summed E-state index contributed by atoms with van der Waals surface area (Å²) in [6.07, 6.45) is 2.38. The van der Waals surface area contributed by atoms with Crippen LogP contribution in [0.1, 0.15) is 24.8 Å². The molecule has 1 aromatic rings. The molecule has 1 rings (SSSR count). The number of halogens is 1. The molecule has 0 saturated heterocycles. The molecule has 0 aliphatic carbocycles. The molecule has 0 aliphatic heterocycles. The lowest BCUT2D eigenvalue weighted by Crippen LogP contribution is -1.99. The van der Waals surface area contributed by atoms with Crippen LogP contribution >= 0.6 is 15.9 Å². The molecule has 4 heteroatoms. The van der Waals surface area contributed by atoms with E-state index >= 15 is 0 Å². The zero-order valence-electron chi connectivity index (χ0n) is 9.91. The Hall–Kier alpha value is -1.21. The van der Waals surface area contributed by atoms with E-state index in [0.29, 0.717) is 13.0 Å². The first kappa shape index (κ1) is 13.9. The molecule has 0 aromatic heterocycles. The Morgan fingerprint density at radius 3 is 2.82 bits per heavy atom. The Kier molecular flexibility index (Phi) is 6.49. The maximum Gasteiger partial charge on any atom is 0.123 e. The van der Waals surface area contributed by atoms with Crippen molar-refractivity contribution in [2.24, 2.45) is 0 Å². The summed E-state index contributed by atoms with van der Waals surface area (Å²) in [5.41, 5.74) is 1.07. The van der Waals surface area contributed by atoms with E-state index in [9.17, 15) is 0 Å². The van der Waals surface area contributed by atoms with Crippen molar-refractivity contribution in [2.75, 3.05) is 13.7 Å². The molecule has 0 spiro atoms. The van der Waals surface area contributed by atoms with Gasteiger partial charge in [0.1, 0.15) is 11.5 Å². The van der Waals surface area contributed by atoms with E-state index in [1.165, 1.54) is 0 Å². The molecule has 0 radical (unpaired) electrons. The van der Waals surface area contributed by atoms with Crippen LogP contribution in [0.25, 0.3) is 0 Å². The topological polar surface area (TPSA) is 42.2 Å². The molecule has 0 aliphatic rings. The summed E-state index contributed by atoms with van der Waals surface area (Å²) < 4.78 is 10.8. The third-order valence-corrected chi connectivity index (χ3v) is 2.96. The van der Waals surface area contributed by atoms with Gasteiger partial charge in [-0.15, -0.1) is 0 Å². The van der Waals surface area contributed by atoms with E-state index in [-0.39, 0.29) is 0 Å². The molecule has 1 aromatic carbocycles. The third kappa shape index (κ3) is 4.66. The Bertz CT molecular complexity index is 387. The van der Waals surface area contributed by atoms with E-state index in [0.717, 1.165) is 35.2 Å². The number of hydrogen-bond donors (Lipinski definition) is 0. The Morgan fingerprint density at radius 1 is 1.35 bits per heavy atom. The Labute approximate surface area is 110 Å². The highest BCUT2D eigenvalue weighted by atomic mass is 79.9. The number of nitrogens with zero attached hydrogens (tertiary/aromatic N) is 1. The van der Waals surface area contributed by atoms with Gasteiger partial charge in [-0.05, 0) is 31.0 Å². The van der Waals surface area contributed by atoms with Crippen molar-refractivity contribution in [2.45, 2.75) is 24.6 Å². The molecule has 0 atom stereocenters. The van der Waals surface area contributed by atoms with E-state index in [1.54, 1.807) is 7.11 Å². The summed E-state index contributed by atoms with van der Waals surface area (Å²) in [6, 6.07) is 7.88. The number of unbranched alkanes of at least 4 members (excludes halogenated alkanes) is 2. The van der Waals surface area contributed by atoms with Crippen LogP contribution in [0.5, 0.6) is 11.5 Å². The van der Waals surface area contributed by atoms with Crippen molar-refractivity contribution < 1.29 is 9.47 Å². The Balaban J connectivity index is 2.50. The predicted octanol–water partition coefficient (Wildman–Crippen LogP) is 3.66. The van der Waals surface area contributed by atoms with Crippen LogP contribution in [0.3, 0.4) is 0 Å². The Morgan fingerprint density at radius 2 is 2.18 bits per heavy atom. The predicted molar refractivity (Wildman–Crippen MR) is 70.6 cm³/mol. The molecule has 0 saturated carbocycles. The summed E-state index contributed by atoms with van der Waals surface area (Å²) in [5.74, 6) is 1.70. The van der Waals surface area contributed by atoms with Crippen LogP contribution in [-0.4, -0.2) is 13.7 Å². The van der Waals surface area contributed by atoms with E-state index in [1.807, 2.05) is 18.2 Å².